The maximum Gasteiger partial charge on any atom is 0.224 e. The molecule has 0 aromatic heterocycles. The summed E-state index contributed by atoms with van der Waals surface area (Å²) in [5.41, 5.74) is 0. The highest BCUT2D eigenvalue weighted by atomic mass is 32.2. The second-order valence-corrected chi connectivity index (χ2v) is 8.39. The first kappa shape index (κ1) is 18.7. The Kier molecular flexibility index (Phi) is 6.62. The van der Waals surface area contributed by atoms with E-state index in [2.05, 4.69) is 5.32 Å². The number of hydrogen-bond acceptors (Lipinski definition) is 4. The molecule has 1 aromatic rings. The Morgan fingerprint density at radius 3 is 2.75 bits per heavy atom. The summed E-state index contributed by atoms with van der Waals surface area (Å²) >= 11 is 0. The van der Waals surface area contributed by atoms with Gasteiger partial charge >= 0.3 is 0 Å². The predicted octanol–water partition coefficient (Wildman–Crippen LogP) is 1.63. The number of rotatable bonds is 7. The molecule has 24 heavy (non-hydrogen) atoms. The fourth-order valence-electron chi connectivity index (χ4n) is 2.73. The van der Waals surface area contributed by atoms with Crippen molar-refractivity contribution >= 4 is 15.9 Å². The molecule has 2 unspecified atom stereocenters. The molecule has 0 bridgehead atoms. The van der Waals surface area contributed by atoms with Crippen molar-refractivity contribution < 1.29 is 17.9 Å². The molecule has 1 aliphatic rings. The first-order valence-corrected chi connectivity index (χ1v) is 9.99. The maximum absolute atomic E-state index is 12.4. The van der Waals surface area contributed by atoms with Crippen molar-refractivity contribution in [3.63, 3.8) is 0 Å². The first-order chi connectivity index (χ1) is 11.4. The Morgan fingerprint density at radius 1 is 1.38 bits per heavy atom. The second-order valence-electron chi connectivity index (χ2n) is 6.13. The number of para-hydroxylation sites is 1. The van der Waals surface area contributed by atoms with E-state index < -0.39 is 10.0 Å². The van der Waals surface area contributed by atoms with Gasteiger partial charge in [-0.05, 0) is 38.8 Å². The molecule has 1 amide bonds. The topological polar surface area (TPSA) is 75.7 Å². The van der Waals surface area contributed by atoms with E-state index in [-0.39, 0.29) is 30.2 Å². The SMILES string of the molecule is CCS(=O)(=O)N1CCCC(C(=O)NC(C)COc2ccccc2)C1. The minimum Gasteiger partial charge on any atom is -0.491 e. The van der Waals surface area contributed by atoms with Gasteiger partial charge in [-0.3, -0.25) is 4.79 Å². The fourth-order valence-corrected chi connectivity index (χ4v) is 3.91. The van der Waals surface area contributed by atoms with E-state index in [4.69, 9.17) is 4.74 Å². The number of amides is 1. The number of carbonyl (C=O) groups excluding carboxylic acids is 1. The van der Waals surface area contributed by atoms with Crippen molar-refractivity contribution in [2.45, 2.75) is 32.7 Å². The van der Waals surface area contributed by atoms with E-state index in [0.717, 1.165) is 5.75 Å². The van der Waals surface area contributed by atoms with E-state index >= 15 is 0 Å². The van der Waals surface area contributed by atoms with Crippen molar-refractivity contribution in [3.05, 3.63) is 30.3 Å². The quantitative estimate of drug-likeness (QED) is 0.807. The van der Waals surface area contributed by atoms with Crippen LogP contribution < -0.4 is 10.1 Å². The van der Waals surface area contributed by atoms with Crippen LogP contribution in [-0.4, -0.2) is 50.1 Å². The van der Waals surface area contributed by atoms with Crippen molar-refractivity contribution in [2.24, 2.45) is 5.92 Å². The molecule has 134 valence electrons. The Hall–Kier alpha value is -1.60. The third-order valence-corrected chi connectivity index (χ3v) is 5.99. The van der Waals surface area contributed by atoms with Gasteiger partial charge in [0, 0.05) is 13.1 Å². The van der Waals surface area contributed by atoms with Crippen molar-refractivity contribution in [1.29, 1.82) is 0 Å². The normalized spacial score (nSPS) is 20.3. The van der Waals surface area contributed by atoms with Gasteiger partial charge in [0.15, 0.2) is 0 Å². The zero-order valence-electron chi connectivity index (χ0n) is 14.3. The molecule has 1 aliphatic heterocycles. The van der Waals surface area contributed by atoms with Gasteiger partial charge in [0.1, 0.15) is 12.4 Å². The van der Waals surface area contributed by atoms with E-state index in [1.54, 1.807) is 6.92 Å². The highest BCUT2D eigenvalue weighted by molar-refractivity contribution is 7.89. The van der Waals surface area contributed by atoms with Gasteiger partial charge in [-0.25, -0.2) is 12.7 Å². The molecule has 0 radical (unpaired) electrons. The molecule has 1 fully saturated rings. The number of carbonyl (C=O) groups is 1. The summed E-state index contributed by atoms with van der Waals surface area (Å²) in [4.78, 5) is 12.4. The first-order valence-electron chi connectivity index (χ1n) is 8.38. The zero-order chi connectivity index (χ0) is 17.6. The minimum atomic E-state index is -3.23. The maximum atomic E-state index is 12.4. The molecule has 1 aromatic carbocycles. The molecule has 0 saturated carbocycles. The number of ether oxygens (including phenoxy) is 1. The molecule has 2 atom stereocenters. The zero-order valence-corrected chi connectivity index (χ0v) is 15.1. The lowest BCUT2D eigenvalue weighted by molar-refractivity contribution is -0.126. The summed E-state index contributed by atoms with van der Waals surface area (Å²) in [6.07, 6.45) is 1.43. The largest absolute Gasteiger partial charge is 0.491 e. The predicted molar refractivity (Wildman–Crippen MR) is 93.3 cm³/mol. The van der Waals surface area contributed by atoms with Crippen LogP contribution in [0.15, 0.2) is 30.3 Å². The van der Waals surface area contributed by atoms with Crippen LogP contribution in [0.1, 0.15) is 26.7 Å². The van der Waals surface area contributed by atoms with Crippen LogP contribution in [0, 0.1) is 5.92 Å². The van der Waals surface area contributed by atoms with Gasteiger partial charge in [0.25, 0.3) is 0 Å². The average Bonchev–Trinajstić information content (AvgIpc) is 2.61. The third kappa shape index (κ3) is 5.21. The highest BCUT2D eigenvalue weighted by Crippen LogP contribution is 2.20. The molecule has 0 spiro atoms. The molecule has 1 saturated heterocycles. The van der Waals surface area contributed by atoms with Gasteiger partial charge in [-0.2, -0.15) is 0 Å². The van der Waals surface area contributed by atoms with Crippen LogP contribution in [0.2, 0.25) is 0 Å². The molecule has 2 rings (SSSR count). The van der Waals surface area contributed by atoms with E-state index in [1.807, 2.05) is 37.3 Å². The van der Waals surface area contributed by atoms with Crippen LogP contribution >= 0.6 is 0 Å². The number of hydrogen-bond donors (Lipinski definition) is 1. The summed E-state index contributed by atoms with van der Waals surface area (Å²) in [5, 5.41) is 2.92. The number of sulfonamides is 1. The molecular formula is C17H26N2O4S. The summed E-state index contributed by atoms with van der Waals surface area (Å²) in [7, 11) is -3.23. The molecule has 0 aliphatic carbocycles. The van der Waals surface area contributed by atoms with E-state index in [9.17, 15) is 13.2 Å². The van der Waals surface area contributed by atoms with Crippen LogP contribution in [0.3, 0.4) is 0 Å². The van der Waals surface area contributed by atoms with Gasteiger partial charge in [0.2, 0.25) is 15.9 Å². The summed E-state index contributed by atoms with van der Waals surface area (Å²) in [5.74, 6) is 0.439. The minimum absolute atomic E-state index is 0.0721. The smallest absolute Gasteiger partial charge is 0.224 e. The Labute approximate surface area is 144 Å². The standard InChI is InChI=1S/C17H26N2O4S/c1-3-24(21,22)19-11-7-8-15(12-19)17(20)18-14(2)13-23-16-9-5-4-6-10-16/h4-6,9-10,14-15H,3,7-8,11-13H2,1-2H3,(H,18,20). The Morgan fingerprint density at radius 2 is 2.08 bits per heavy atom. The molecular weight excluding hydrogens is 328 g/mol. The number of piperidine rings is 1. The monoisotopic (exact) mass is 354 g/mol. The van der Waals surface area contributed by atoms with Crippen molar-refractivity contribution in [1.82, 2.24) is 9.62 Å². The summed E-state index contributed by atoms with van der Waals surface area (Å²) in [6, 6.07) is 9.28. The van der Waals surface area contributed by atoms with Crippen LogP contribution in [0.4, 0.5) is 0 Å². The lowest BCUT2D eigenvalue weighted by atomic mass is 9.98. The lowest BCUT2D eigenvalue weighted by Gasteiger charge is -2.31. The van der Waals surface area contributed by atoms with Gasteiger partial charge in [0.05, 0.1) is 17.7 Å². The second kappa shape index (κ2) is 8.48. The lowest BCUT2D eigenvalue weighted by Crippen LogP contribution is -2.48. The van der Waals surface area contributed by atoms with Gasteiger partial charge < -0.3 is 10.1 Å². The van der Waals surface area contributed by atoms with Crippen LogP contribution in [0.5, 0.6) is 5.75 Å². The highest BCUT2D eigenvalue weighted by Gasteiger charge is 2.31. The number of nitrogens with one attached hydrogen (secondary N) is 1. The molecule has 6 nitrogen and oxygen atoms in total. The van der Waals surface area contributed by atoms with Crippen LogP contribution in [0.25, 0.3) is 0 Å². The average molecular weight is 354 g/mol. The van der Waals surface area contributed by atoms with Crippen molar-refractivity contribution in [2.75, 3.05) is 25.4 Å². The number of benzene rings is 1. The fraction of sp³-hybridized carbons (Fsp3) is 0.588. The summed E-state index contributed by atoms with van der Waals surface area (Å²) in [6.45, 7) is 4.66. The number of nitrogens with zero attached hydrogens (tertiary/aromatic N) is 1. The van der Waals surface area contributed by atoms with Gasteiger partial charge in [-0.15, -0.1) is 0 Å². The summed E-state index contributed by atoms with van der Waals surface area (Å²) < 4.78 is 31.0. The Balaban J connectivity index is 1.82. The molecule has 1 N–H and O–H groups in total. The van der Waals surface area contributed by atoms with E-state index in [0.29, 0.717) is 26.0 Å². The van der Waals surface area contributed by atoms with Crippen molar-refractivity contribution in [3.8, 4) is 5.75 Å². The molecule has 1 heterocycles. The van der Waals surface area contributed by atoms with Gasteiger partial charge in [-0.1, -0.05) is 18.2 Å². The van der Waals surface area contributed by atoms with Crippen LogP contribution in [-0.2, 0) is 14.8 Å². The Bertz CT molecular complexity index is 633. The third-order valence-electron chi connectivity index (χ3n) is 4.14. The van der Waals surface area contributed by atoms with E-state index in [1.165, 1.54) is 4.31 Å². The molecule has 7 heteroatoms.